The minimum Gasteiger partial charge on any atom is -0.332 e. The maximum atomic E-state index is 4.70. The summed E-state index contributed by atoms with van der Waals surface area (Å²) in [6.45, 7) is 5.74. The van der Waals surface area contributed by atoms with E-state index in [1.54, 1.807) is 11.3 Å². The van der Waals surface area contributed by atoms with Crippen molar-refractivity contribution >= 4 is 32.4 Å². The molecule has 4 heteroatoms. The summed E-state index contributed by atoms with van der Waals surface area (Å²) in [5.41, 5.74) is 4.94. The molecular weight excluding hydrogens is 326 g/mol. The van der Waals surface area contributed by atoms with Crippen LogP contribution >= 0.6 is 11.3 Å². The second-order valence-corrected chi connectivity index (χ2v) is 7.86. The summed E-state index contributed by atoms with van der Waals surface area (Å²) in [4.78, 5) is 7.26. The monoisotopic (exact) mass is 351 g/mol. The normalized spacial score (nSPS) is 15.6. The number of hydrogen-bond donors (Lipinski definition) is 1. The zero-order valence-corrected chi connectivity index (χ0v) is 15.6. The molecule has 1 aliphatic rings. The number of aromatic nitrogens is 1. The maximum Gasteiger partial charge on any atom is 0.188 e. The Morgan fingerprint density at radius 3 is 2.52 bits per heavy atom. The van der Waals surface area contributed by atoms with E-state index in [9.17, 15) is 0 Å². The molecule has 3 nitrogen and oxygen atoms in total. The van der Waals surface area contributed by atoms with E-state index in [1.807, 2.05) is 0 Å². The number of nitrogens with zero attached hydrogens (tertiary/aromatic N) is 2. The molecule has 0 unspecified atom stereocenters. The molecule has 2 aromatic carbocycles. The Balaban J connectivity index is 1.43. The van der Waals surface area contributed by atoms with Gasteiger partial charge in [0.25, 0.3) is 0 Å². The Bertz CT molecular complexity index is 832. The van der Waals surface area contributed by atoms with Crippen LogP contribution in [0.5, 0.6) is 0 Å². The van der Waals surface area contributed by atoms with Crippen molar-refractivity contribution in [2.75, 3.05) is 18.4 Å². The standard InChI is InChI=1S/C21H25N3S/c1-2-16-8-11-19-20(14-16)25-21(23-19)22-18-9-6-17(7-10-18)15-24-12-4-3-5-13-24/h6-11,14H,2-5,12-13,15H2,1H3,(H,22,23). The summed E-state index contributed by atoms with van der Waals surface area (Å²) < 4.78 is 1.25. The van der Waals surface area contributed by atoms with Crippen LogP contribution in [0, 0.1) is 0 Å². The topological polar surface area (TPSA) is 28.2 Å². The zero-order chi connectivity index (χ0) is 17.1. The van der Waals surface area contributed by atoms with Crippen molar-refractivity contribution in [3.05, 3.63) is 53.6 Å². The van der Waals surface area contributed by atoms with Crippen molar-refractivity contribution in [3.63, 3.8) is 0 Å². The first-order valence-corrected chi connectivity index (χ1v) is 10.1. The molecule has 0 atom stereocenters. The summed E-state index contributed by atoms with van der Waals surface area (Å²) in [5, 5.41) is 4.42. The number of rotatable bonds is 5. The fourth-order valence-corrected chi connectivity index (χ4v) is 4.38. The quantitative estimate of drug-likeness (QED) is 0.649. The van der Waals surface area contributed by atoms with Gasteiger partial charge in [-0.2, -0.15) is 0 Å². The molecule has 0 bridgehead atoms. The van der Waals surface area contributed by atoms with Crippen LogP contribution in [0.25, 0.3) is 10.2 Å². The van der Waals surface area contributed by atoms with Gasteiger partial charge in [-0.15, -0.1) is 0 Å². The van der Waals surface area contributed by atoms with Gasteiger partial charge >= 0.3 is 0 Å². The number of piperidine rings is 1. The number of fused-ring (bicyclic) bond motifs is 1. The number of thiazole rings is 1. The van der Waals surface area contributed by atoms with Crippen molar-refractivity contribution in [3.8, 4) is 0 Å². The lowest BCUT2D eigenvalue weighted by Crippen LogP contribution is -2.28. The predicted octanol–water partition coefficient (Wildman–Crippen LogP) is 5.59. The number of hydrogen-bond acceptors (Lipinski definition) is 4. The average molecular weight is 352 g/mol. The largest absolute Gasteiger partial charge is 0.332 e. The summed E-state index contributed by atoms with van der Waals surface area (Å²) in [6, 6.07) is 15.4. The van der Waals surface area contributed by atoms with Gasteiger partial charge in [0, 0.05) is 12.2 Å². The lowest BCUT2D eigenvalue weighted by Gasteiger charge is -2.26. The van der Waals surface area contributed by atoms with Crippen LogP contribution < -0.4 is 5.32 Å². The molecular formula is C21H25N3S. The van der Waals surface area contributed by atoms with Crippen LogP contribution in [-0.4, -0.2) is 23.0 Å². The first-order chi connectivity index (χ1) is 12.3. The molecule has 2 heterocycles. The molecule has 0 aliphatic carbocycles. The Morgan fingerprint density at radius 2 is 1.76 bits per heavy atom. The van der Waals surface area contributed by atoms with E-state index in [0.29, 0.717) is 0 Å². The van der Waals surface area contributed by atoms with Gasteiger partial charge in [-0.25, -0.2) is 4.98 Å². The third-order valence-electron chi connectivity index (χ3n) is 4.92. The lowest BCUT2D eigenvalue weighted by atomic mass is 10.1. The molecule has 0 radical (unpaired) electrons. The summed E-state index contributed by atoms with van der Waals surface area (Å²) in [7, 11) is 0. The highest BCUT2D eigenvalue weighted by molar-refractivity contribution is 7.22. The first-order valence-electron chi connectivity index (χ1n) is 9.28. The fraction of sp³-hybridized carbons (Fsp3) is 0.381. The number of likely N-dealkylation sites (tertiary alicyclic amines) is 1. The van der Waals surface area contributed by atoms with Crippen LogP contribution in [0.4, 0.5) is 10.8 Å². The van der Waals surface area contributed by atoms with Gasteiger partial charge in [0.05, 0.1) is 10.2 Å². The van der Waals surface area contributed by atoms with Crippen LogP contribution in [0.3, 0.4) is 0 Å². The minimum absolute atomic E-state index is 0.965. The second-order valence-electron chi connectivity index (χ2n) is 6.83. The van der Waals surface area contributed by atoms with E-state index in [2.05, 4.69) is 59.6 Å². The Kier molecular flexibility index (Phi) is 4.99. The number of nitrogens with one attached hydrogen (secondary N) is 1. The third-order valence-corrected chi connectivity index (χ3v) is 5.85. The van der Waals surface area contributed by atoms with Crippen LogP contribution in [0.2, 0.25) is 0 Å². The number of benzene rings is 2. The summed E-state index contributed by atoms with van der Waals surface area (Å²) >= 11 is 1.72. The van der Waals surface area contributed by atoms with Gasteiger partial charge in [0.1, 0.15) is 0 Å². The van der Waals surface area contributed by atoms with Crippen molar-refractivity contribution in [1.29, 1.82) is 0 Å². The van der Waals surface area contributed by atoms with Gasteiger partial charge in [-0.05, 0) is 67.7 Å². The van der Waals surface area contributed by atoms with Crippen molar-refractivity contribution < 1.29 is 0 Å². The molecule has 0 amide bonds. The van der Waals surface area contributed by atoms with Gasteiger partial charge in [-0.1, -0.05) is 42.9 Å². The van der Waals surface area contributed by atoms with Gasteiger partial charge in [-0.3, -0.25) is 4.90 Å². The van der Waals surface area contributed by atoms with Crippen molar-refractivity contribution in [2.45, 2.75) is 39.2 Å². The molecule has 3 aromatic rings. The smallest absolute Gasteiger partial charge is 0.188 e. The second kappa shape index (κ2) is 7.54. The molecule has 25 heavy (non-hydrogen) atoms. The van der Waals surface area contributed by atoms with Crippen LogP contribution in [-0.2, 0) is 13.0 Å². The Labute approximate surface area is 153 Å². The molecule has 1 aromatic heterocycles. The highest BCUT2D eigenvalue weighted by Crippen LogP contribution is 2.29. The maximum absolute atomic E-state index is 4.70. The third kappa shape index (κ3) is 4.02. The molecule has 0 saturated carbocycles. The Hall–Kier alpha value is -1.91. The highest BCUT2D eigenvalue weighted by atomic mass is 32.1. The minimum atomic E-state index is 0.965. The molecule has 4 rings (SSSR count). The van der Waals surface area contributed by atoms with E-state index in [1.165, 1.54) is 48.2 Å². The lowest BCUT2D eigenvalue weighted by molar-refractivity contribution is 0.221. The van der Waals surface area contributed by atoms with E-state index in [0.717, 1.165) is 29.3 Å². The van der Waals surface area contributed by atoms with E-state index < -0.39 is 0 Å². The summed E-state index contributed by atoms with van der Waals surface area (Å²) in [5.74, 6) is 0. The highest BCUT2D eigenvalue weighted by Gasteiger charge is 2.10. The van der Waals surface area contributed by atoms with E-state index in [-0.39, 0.29) is 0 Å². The van der Waals surface area contributed by atoms with Gasteiger partial charge < -0.3 is 5.32 Å². The van der Waals surface area contributed by atoms with E-state index in [4.69, 9.17) is 4.98 Å². The molecule has 1 saturated heterocycles. The molecule has 1 fully saturated rings. The molecule has 0 spiro atoms. The average Bonchev–Trinajstić information content (AvgIpc) is 3.05. The van der Waals surface area contributed by atoms with Crippen molar-refractivity contribution in [2.24, 2.45) is 0 Å². The predicted molar refractivity (Wildman–Crippen MR) is 108 cm³/mol. The number of anilines is 2. The fourth-order valence-electron chi connectivity index (χ4n) is 3.44. The molecule has 1 aliphatic heterocycles. The van der Waals surface area contributed by atoms with Crippen LogP contribution in [0.1, 0.15) is 37.3 Å². The molecule has 130 valence electrons. The van der Waals surface area contributed by atoms with E-state index >= 15 is 0 Å². The van der Waals surface area contributed by atoms with Gasteiger partial charge in [0.15, 0.2) is 5.13 Å². The van der Waals surface area contributed by atoms with Gasteiger partial charge in [0.2, 0.25) is 0 Å². The molecule has 1 N–H and O–H groups in total. The van der Waals surface area contributed by atoms with Crippen LogP contribution in [0.15, 0.2) is 42.5 Å². The zero-order valence-electron chi connectivity index (χ0n) is 14.8. The Morgan fingerprint density at radius 1 is 1.00 bits per heavy atom. The van der Waals surface area contributed by atoms with Crippen molar-refractivity contribution in [1.82, 2.24) is 9.88 Å². The SMILES string of the molecule is CCc1ccc2nc(Nc3ccc(CN4CCCCC4)cc3)sc2c1. The first kappa shape index (κ1) is 16.6. The summed E-state index contributed by atoms with van der Waals surface area (Å²) in [6.07, 6.45) is 5.14. The number of aryl methyl sites for hydroxylation is 1.